The fraction of sp³-hybridized carbons (Fsp3) is 0.444. The SMILES string of the molecule is CCCNc1cc(CCC)nc(-c2ccc(C)c(C)c2)n1. The van der Waals surface area contributed by atoms with E-state index in [1.54, 1.807) is 0 Å². The van der Waals surface area contributed by atoms with Gasteiger partial charge in [-0.25, -0.2) is 9.97 Å². The molecule has 3 nitrogen and oxygen atoms in total. The summed E-state index contributed by atoms with van der Waals surface area (Å²) in [6, 6.07) is 8.49. The van der Waals surface area contributed by atoms with E-state index in [0.717, 1.165) is 48.7 Å². The van der Waals surface area contributed by atoms with Crippen LogP contribution in [0.2, 0.25) is 0 Å². The highest BCUT2D eigenvalue weighted by molar-refractivity contribution is 5.59. The standard InChI is InChI=1S/C18H25N3/c1-5-7-16-12-17(19-10-6-2)21-18(20-16)15-9-8-13(3)14(4)11-15/h8-9,11-12H,5-7,10H2,1-4H3,(H,19,20,21). The predicted molar refractivity (Wildman–Crippen MR) is 89.7 cm³/mol. The topological polar surface area (TPSA) is 37.8 Å². The third-order valence-corrected chi connectivity index (χ3v) is 3.61. The molecule has 21 heavy (non-hydrogen) atoms. The first kappa shape index (κ1) is 15.5. The molecule has 2 aromatic rings. The normalized spacial score (nSPS) is 10.7. The van der Waals surface area contributed by atoms with Crippen molar-refractivity contribution in [2.75, 3.05) is 11.9 Å². The number of nitrogens with zero attached hydrogens (tertiary/aromatic N) is 2. The van der Waals surface area contributed by atoms with Crippen molar-refractivity contribution in [1.82, 2.24) is 9.97 Å². The maximum absolute atomic E-state index is 4.72. The van der Waals surface area contributed by atoms with E-state index in [1.807, 2.05) is 0 Å². The van der Waals surface area contributed by atoms with Crippen molar-refractivity contribution in [2.45, 2.75) is 47.0 Å². The van der Waals surface area contributed by atoms with E-state index in [1.165, 1.54) is 11.1 Å². The average molecular weight is 283 g/mol. The number of hydrogen-bond donors (Lipinski definition) is 1. The molecule has 0 amide bonds. The molecule has 0 bridgehead atoms. The smallest absolute Gasteiger partial charge is 0.161 e. The van der Waals surface area contributed by atoms with Crippen LogP contribution in [0, 0.1) is 13.8 Å². The molecular weight excluding hydrogens is 258 g/mol. The minimum atomic E-state index is 0.822. The largest absolute Gasteiger partial charge is 0.370 e. The van der Waals surface area contributed by atoms with Crippen molar-refractivity contribution in [3.8, 4) is 11.4 Å². The second-order valence-electron chi connectivity index (χ2n) is 5.54. The molecule has 3 heteroatoms. The average Bonchev–Trinajstić information content (AvgIpc) is 2.48. The van der Waals surface area contributed by atoms with Crippen LogP contribution < -0.4 is 5.32 Å². The van der Waals surface area contributed by atoms with Crippen LogP contribution in [0.4, 0.5) is 5.82 Å². The minimum Gasteiger partial charge on any atom is -0.370 e. The van der Waals surface area contributed by atoms with Gasteiger partial charge in [0.05, 0.1) is 0 Å². The Hall–Kier alpha value is -1.90. The Bertz CT molecular complexity index is 605. The Morgan fingerprint density at radius 1 is 0.952 bits per heavy atom. The van der Waals surface area contributed by atoms with E-state index in [-0.39, 0.29) is 0 Å². The Balaban J connectivity index is 2.40. The van der Waals surface area contributed by atoms with Gasteiger partial charge < -0.3 is 5.32 Å². The molecule has 0 aliphatic heterocycles. The molecule has 0 atom stereocenters. The molecule has 0 saturated carbocycles. The zero-order valence-corrected chi connectivity index (χ0v) is 13.5. The monoisotopic (exact) mass is 283 g/mol. The summed E-state index contributed by atoms with van der Waals surface area (Å²) in [5.74, 6) is 1.76. The number of hydrogen-bond acceptors (Lipinski definition) is 3. The van der Waals surface area contributed by atoms with Gasteiger partial charge in [0.2, 0.25) is 0 Å². The summed E-state index contributed by atoms with van der Waals surface area (Å²) in [6.45, 7) is 9.53. The van der Waals surface area contributed by atoms with Crippen molar-refractivity contribution >= 4 is 5.82 Å². The predicted octanol–water partition coefficient (Wildman–Crippen LogP) is 4.53. The molecular formula is C18H25N3. The molecule has 112 valence electrons. The van der Waals surface area contributed by atoms with Crippen molar-refractivity contribution in [1.29, 1.82) is 0 Å². The molecule has 0 aliphatic carbocycles. The summed E-state index contributed by atoms with van der Waals surface area (Å²) in [4.78, 5) is 9.39. The molecule has 0 aliphatic rings. The Morgan fingerprint density at radius 3 is 2.43 bits per heavy atom. The maximum atomic E-state index is 4.72. The van der Waals surface area contributed by atoms with Gasteiger partial charge in [-0.05, 0) is 43.9 Å². The summed E-state index contributed by atoms with van der Waals surface area (Å²) >= 11 is 0. The number of benzene rings is 1. The first-order chi connectivity index (χ1) is 10.1. The Morgan fingerprint density at radius 2 is 1.76 bits per heavy atom. The molecule has 0 fully saturated rings. The van der Waals surface area contributed by atoms with Crippen LogP contribution >= 0.6 is 0 Å². The summed E-state index contributed by atoms with van der Waals surface area (Å²) in [5.41, 5.74) is 4.78. The summed E-state index contributed by atoms with van der Waals surface area (Å²) in [5, 5.41) is 3.38. The van der Waals surface area contributed by atoms with E-state index >= 15 is 0 Å². The fourth-order valence-corrected chi connectivity index (χ4v) is 2.23. The first-order valence-corrected chi connectivity index (χ1v) is 7.83. The van der Waals surface area contributed by atoms with Gasteiger partial charge in [-0.2, -0.15) is 0 Å². The van der Waals surface area contributed by atoms with Gasteiger partial charge in [-0.3, -0.25) is 0 Å². The Kier molecular flexibility index (Phi) is 5.32. The van der Waals surface area contributed by atoms with E-state index in [0.29, 0.717) is 0 Å². The van der Waals surface area contributed by atoms with Crippen LogP contribution in [0.1, 0.15) is 43.5 Å². The van der Waals surface area contributed by atoms with Gasteiger partial charge in [0, 0.05) is 23.9 Å². The first-order valence-electron chi connectivity index (χ1n) is 7.83. The van der Waals surface area contributed by atoms with Crippen molar-refractivity contribution < 1.29 is 0 Å². The van der Waals surface area contributed by atoms with Gasteiger partial charge >= 0.3 is 0 Å². The van der Waals surface area contributed by atoms with Crippen molar-refractivity contribution in [3.63, 3.8) is 0 Å². The maximum Gasteiger partial charge on any atom is 0.161 e. The Labute approximate surface area is 127 Å². The summed E-state index contributed by atoms with van der Waals surface area (Å²) < 4.78 is 0. The number of anilines is 1. The van der Waals surface area contributed by atoms with Gasteiger partial charge in [0.15, 0.2) is 5.82 Å². The minimum absolute atomic E-state index is 0.822. The molecule has 1 N–H and O–H groups in total. The summed E-state index contributed by atoms with van der Waals surface area (Å²) in [6.07, 6.45) is 3.17. The van der Waals surface area contributed by atoms with Crippen LogP contribution in [-0.4, -0.2) is 16.5 Å². The van der Waals surface area contributed by atoms with Crippen LogP contribution in [-0.2, 0) is 6.42 Å². The number of aromatic nitrogens is 2. The summed E-state index contributed by atoms with van der Waals surface area (Å²) in [7, 11) is 0. The lowest BCUT2D eigenvalue weighted by Crippen LogP contribution is -2.05. The van der Waals surface area contributed by atoms with Gasteiger partial charge in [0.1, 0.15) is 5.82 Å². The quantitative estimate of drug-likeness (QED) is 0.846. The van der Waals surface area contributed by atoms with Crippen molar-refractivity contribution in [3.05, 3.63) is 41.1 Å². The van der Waals surface area contributed by atoms with Gasteiger partial charge in [-0.1, -0.05) is 32.4 Å². The van der Waals surface area contributed by atoms with Crippen LogP contribution in [0.5, 0.6) is 0 Å². The van der Waals surface area contributed by atoms with Crippen molar-refractivity contribution in [2.24, 2.45) is 0 Å². The fourth-order valence-electron chi connectivity index (χ4n) is 2.23. The molecule has 2 rings (SSSR count). The molecule has 0 radical (unpaired) electrons. The lowest BCUT2D eigenvalue weighted by atomic mass is 10.1. The van der Waals surface area contributed by atoms with E-state index < -0.39 is 0 Å². The highest BCUT2D eigenvalue weighted by atomic mass is 15.0. The zero-order chi connectivity index (χ0) is 15.2. The highest BCUT2D eigenvalue weighted by Gasteiger charge is 2.07. The number of nitrogens with one attached hydrogen (secondary N) is 1. The lowest BCUT2D eigenvalue weighted by molar-refractivity contribution is 0.872. The van der Waals surface area contributed by atoms with E-state index in [9.17, 15) is 0 Å². The van der Waals surface area contributed by atoms with Crippen LogP contribution in [0.15, 0.2) is 24.3 Å². The van der Waals surface area contributed by atoms with Gasteiger partial charge in [0.25, 0.3) is 0 Å². The number of rotatable bonds is 6. The second-order valence-corrected chi connectivity index (χ2v) is 5.54. The molecule has 0 unspecified atom stereocenters. The highest BCUT2D eigenvalue weighted by Crippen LogP contribution is 2.21. The molecule has 1 aromatic carbocycles. The van der Waals surface area contributed by atoms with Crippen LogP contribution in [0.3, 0.4) is 0 Å². The molecule has 0 spiro atoms. The molecule has 1 heterocycles. The van der Waals surface area contributed by atoms with E-state index in [4.69, 9.17) is 4.98 Å². The molecule has 0 saturated heterocycles. The van der Waals surface area contributed by atoms with E-state index in [2.05, 4.69) is 62.3 Å². The second kappa shape index (κ2) is 7.21. The third-order valence-electron chi connectivity index (χ3n) is 3.61. The third kappa shape index (κ3) is 4.03. The molecule has 1 aromatic heterocycles. The van der Waals surface area contributed by atoms with Crippen LogP contribution in [0.25, 0.3) is 11.4 Å². The number of aryl methyl sites for hydroxylation is 3. The lowest BCUT2D eigenvalue weighted by Gasteiger charge is -2.10. The van der Waals surface area contributed by atoms with Gasteiger partial charge in [-0.15, -0.1) is 0 Å². The zero-order valence-electron chi connectivity index (χ0n) is 13.5.